The third-order valence-electron chi connectivity index (χ3n) is 2.83. The molecule has 1 aliphatic rings. The third kappa shape index (κ3) is 2.24. The molecule has 0 saturated heterocycles. The fraction of sp³-hybridized carbons (Fsp3) is 0.385. The van der Waals surface area contributed by atoms with Crippen molar-refractivity contribution in [3.8, 4) is 0 Å². The number of benzene rings is 1. The van der Waals surface area contributed by atoms with Gasteiger partial charge >= 0.3 is 0 Å². The SMILES string of the molecule is CC1=C([C@H](O)CCc2ccccc2)C1. The van der Waals surface area contributed by atoms with Gasteiger partial charge in [0.25, 0.3) is 0 Å². The maximum atomic E-state index is 9.76. The van der Waals surface area contributed by atoms with Gasteiger partial charge in [0, 0.05) is 0 Å². The smallest absolute Gasteiger partial charge is 0.0759 e. The average molecular weight is 188 g/mol. The quantitative estimate of drug-likeness (QED) is 0.720. The Morgan fingerprint density at radius 1 is 1.29 bits per heavy atom. The molecule has 74 valence electrons. The number of allylic oxidation sites excluding steroid dienone is 1. The first kappa shape index (κ1) is 9.47. The van der Waals surface area contributed by atoms with Gasteiger partial charge in [-0.1, -0.05) is 35.9 Å². The van der Waals surface area contributed by atoms with E-state index in [0.717, 1.165) is 19.3 Å². The lowest BCUT2D eigenvalue weighted by Gasteiger charge is -2.06. The summed E-state index contributed by atoms with van der Waals surface area (Å²) in [5.74, 6) is 0. The van der Waals surface area contributed by atoms with Crippen molar-refractivity contribution in [2.75, 3.05) is 0 Å². The molecule has 0 saturated carbocycles. The number of aryl methyl sites for hydroxylation is 1. The number of hydrogen-bond acceptors (Lipinski definition) is 1. The highest BCUT2D eigenvalue weighted by Crippen LogP contribution is 2.34. The Kier molecular flexibility index (Phi) is 2.69. The predicted octanol–water partition coefficient (Wildman–Crippen LogP) is 2.70. The summed E-state index contributed by atoms with van der Waals surface area (Å²) < 4.78 is 0. The Balaban J connectivity index is 1.83. The Morgan fingerprint density at radius 2 is 1.93 bits per heavy atom. The van der Waals surface area contributed by atoms with Crippen molar-refractivity contribution >= 4 is 0 Å². The van der Waals surface area contributed by atoms with Gasteiger partial charge in [0.1, 0.15) is 0 Å². The Bertz CT molecular complexity index is 338. The molecule has 0 amide bonds. The summed E-state index contributed by atoms with van der Waals surface area (Å²) in [6, 6.07) is 10.3. The molecule has 0 spiro atoms. The van der Waals surface area contributed by atoms with Gasteiger partial charge in [0.05, 0.1) is 6.10 Å². The second kappa shape index (κ2) is 3.97. The maximum Gasteiger partial charge on any atom is 0.0759 e. The van der Waals surface area contributed by atoms with Gasteiger partial charge in [0.15, 0.2) is 0 Å². The van der Waals surface area contributed by atoms with Crippen molar-refractivity contribution in [3.05, 3.63) is 47.0 Å². The van der Waals surface area contributed by atoms with Crippen molar-refractivity contribution in [3.63, 3.8) is 0 Å². The summed E-state index contributed by atoms with van der Waals surface area (Å²) >= 11 is 0. The zero-order valence-electron chi connectivity index (χ0n) is 8.53. The standard InChI is InChI=1S/C13H16O/c1-10-9-12(10)13(14)8-7-11-5-3-2-4-6-11/h2-6,13-14H,7-9H2,1H3/t13-/m1/s1. The molecule has 1 N–H and O–H groups in total. The van der Waals surface area contributed by atoms with Crippen molar-refractivity contribution in [1.82, 2.24) is 0 Å². The van der Waals surface area contributed by atoms with Crippen LogP contribution in [0.25, 0.3) is 0 Å². The maximum absolute atomic E-state index is 9.76. The van der Waals surface area contributed by atoms with Gasteiger partial charge in [-0.2, -0.15) is 0 Å². The third-order valence-corrected chi connectivity index (χ3v) is 2.83. The van der Waals surface area contributed by atoms with Crippen LogP contribution in [-0.2, 0) is 6.42 Å². The monoisotopic (exact) mass is 188 g/mol. The van der Waals surface area contributed by atoms with E-state index >= 15 is 0 Å². The fourth-order valence-corrected chi connectivity index (χ4v) is 1.77. The Labute approximate surface area is 85.1 Å². The minimum atomic E-state index is -0.199. The molecular formula is C13H16O. The van der Waals surface area contributed by atoms with Crippen LogP contribution in [0, 0.1) is 0 Å². The van der Waals surface area contributed by atoms with Crippen molar-refractivity contribution in [2.45, 2.75) is 32.3 Å². The topological polar surface area (TPSA) is 20.2 Å². The number of aliphatic hydroxyl groups is 1. The first-order chi connectivity index (χ1) is 6.77. The van der Waals surface area contributed by atoms with Crippen LogP contribution in [0.1, 0.15) is 25.3 Å². The molecule has 1 aromatic carbocycles. The van der Waals surface area contributed by atoms with Crippen LogP contribution < -0.4 is 0 Å². The molecule has 0 fully saturated rings. The van der Waals surface area contributed by atoms with Crippen LogP contribution in [0.4, 0.5) is 0 Å². The molecule has 0 radical (unpaired) electrons. The van der Waals surface area contributed by atoms with E-state index in [1.807, 2.05) is 18.2 Å². The van der Waals surface area contributed by atoms with Crippen LogP contribution in [0.2, 0.25) is 0 Å². The molecule has 1 aromatic rings. The van der Waals surface area contributed by atoms with Crippen LogP contribution >= 0.6 is 0 Å². The largest absolute Gasteiger partial charge is 0.389 e. The summed E-state index contributed by atoms with van der Waals surface area (Å²) in [6.07, 6.45) is 2.68. The van der Waals surface area contributed by atoms with E-state index in [0.29, 0.717) is 0 Å². The second-order valence-electron chi connectivity index (χ2n) is 4.02. The second-order valence-corrected chi connectivity index (χ2v) is 4.02. The molecule has 0 bridgehead atoms. The van der Waals surface area contributed by atoms with E-state index in [-0.39, 0.29) is 6.10 Å². The van der Waals surface area contributed by atoms with Gasteiger partial charge in [-0.25, -0.2) is 0 Å². The molecular weight excluding hydrogens is 172 g/mol. The molecule has 0 heterocycles. The lowest BCUT2D eigenvalue weighted by atomic mass is 10.1. The van der Waals surface area contributed by atoms with E-state index in [4.69, 9.17) is 0 Å². The molecule has 1 aliphatic carbocycles. The first-order valence-electron chi connectivity index (χ1n) is 5.18. The normalized spacial score (nSPS) is 17.0. The molecule has 1 heteroatoms. The molecule has 1 nitrogen and oxygen atoms in total. The molecule has 0 aliphatic heterocycles. The van der Waals surface area contributed by atoms with E-state index in [1.54, 1.807) is 0 Å². The van der Waals surface area contributed by atoms with Gasteiger partial charge in [0.2, 0.25) is 0 Å². The van der Waals surface area contributed by atoms with Crippen LogP contribution in [0.5, 0.6) is 0 Å². The highest BCUT2D eigenvalue weighted by atomic mass is 16.3. The number of rotatable bonds is 4. The van der Waals surface area contributed by atoms with Gasteiger partial charge < -0.3 is 5.11 Å². The zero-order chi connectivity index (χ0) is 9.97. The van der Waals surface area contributed by atoms with E-state index in [2.05, 4.69) is 19.1 Å². The Morgan fingerprint density at radius 3 is 2.50 bits per heavy atom. The van der Waals surface area contributed by atoms with Gasteiger partial charge in [-0.05, 0) is 37.3 Å². The summed E-state index contributed by atoms with van der Waals surface area (Å²) in [5.41, 5.74) is 3.96. The summed E-state index contributed by atoms with van der Waals surface area (Å²) in [5, 5.41) is 9.76. The first-order valence-corrected chi connectivity index (χ1v) is 5.18. The fourth-order valence-electron chi connectivity index (χ4n) is 1.77. The van der Waals surface area contributed by atoms with Crippen molar-refractivity contribution in [1.29, 1.82) is 0 Å². The molecule has 0 unspecified atom stereocenters. The van der Waals surface area contributed by atoms with E-state index in [9.17, 15) is 5.11 Å². The van der Waals surface area contributed by atoms with E-state index < -0.39 is 0 Å². The van der Waals surface area contributed by atoms with E-state index in [1.165, 1.54) is 16.7 Å². The molecule has 2 rings (SSSR count). The van der Waals surface area contributed by atoms with Crippen LogP contribution in [0.3, 0.4) is 0 Å². The summed E-state index contributed by atoms with van der Waals surface area (Å²) in [4.78, 5) is 0. The summed E-state index contributed by atoms with van der Waals surface area (Å²) in [6.45, 7) is 2.10. The highest BCUT2D eigenvalue weighted by Gasteiger charge is 2.23. The predicted molar refractivity (Wildman–Crippen MR) is 58.1 cm³/mol. The van der Waals surface area contributed by atoms with Crippen LogP contribution in [0.15, 0.2) is 41.5 Å². The lowest BCUT2D eigenvalue weighted by Crippen LogP contribution is -2.05. The van der Waals surface area contributed by atoms with Gasteiger partial charge in [-0.3, -0.25) is 0 Å². The number of aliphatic hydroxyl groups excluding tert-OH is 1. The lowest BCUT2D eigenvalue weighted by molar-refractivity contribution is 0.205. The van der Waals surface area contributed by atoms with Crippen molar-refractivity contribution in [2.24, 2.45) is 0 Å². The summed E-state index contributed by atoms with van der Waals surface area (Å²) in [7, 11) is 0. The molecule has 1 atom stereocenters. The highest BCUT2D eigenvalue weighted by molar-refractivity contribution is 5.36. The molecule has 14 heavy (non-hydrogen) atoms. The zero-order valence-corrected chi connectivity index (χ0v) is 8.53. The number of hydrogen-bond donors (Lipinski definition) is 1. The average Bonchev–Trinajstić information content (AvgIpc) is 2.94. The minimum Gasteiger partial charge on any atom is -0.389 e. The minimum absolute atomic E-state index is 0.199. The van der Waals surface area contributed by atoms with Gasteiger partial charge in [-0.15, -0.1) is 0 Å². The molecule has 0 aromatic heterocycles. The Hall–Kier alpha value is -1.08. The van der Waals surface area contributed by atoms with Crippen LogP contribution in [-0.4, -0.2) is 11.2 Å². The van der Waals surface area contributed by atoms with Crippen molar-refractivity contribution < 1.29 is 5.11 Å².